The van der Waals surface area contributed by atoms with Crippen LogP contribution in [0.25, 0.3) is 3.59 Å². The van der Waals surface area contributed by atoms with Gasteiger partial charge in [-0.1, -0.05) is 0 Å². The Hall–Kier alpha value is -0.176. The standard InChI is InChI=1S/C14H18B.3CH3.Sn/c1-15-11-7-3-6-10-14(15)12-13-8-4-2-5-9-13;;;;/h2,4-5,8-9H,3,6-7,10-11H2,1H3;3*1H3;. The second kappa shape index (κ2) is 6.52. The second-order valence-corrected chi connectivity index (χ2v) is 21.3. The van der Waals surface area contributed by atoms with Crippen LogP contribution in [-0.2, 0) is 0 Å². The van der Waals surface area contributed by atoms with Gasteiger partial charge >= 0.3 is 124 Å². The van der Waals surface area contributed by atoms with Crippen LogP contribution >= 0.6 is 0 Å². The van der Waals surface area contributed by atoms with Gasteiger partial charge in [-0.3, -0.25) is 0 Å². The van der Waals surface area contributed by atoms with Crippen molar-refractivity contribution < 1.29 is 0 Å². The minimum absolute atomic E-state index is 0.800. The topological polar surface area (TPSA) is 0 Å². The van der Waals surface area contributed by atoms with Crippen LogP contribution in [0.15, 0.2) is 35.8 Å². The van der Waals surface area contributed by atoms with Crippen LogP contribution in [0.5, 0.6) is 0 Å². The van der Waals surface area contributed by atoms with Crippen molar-refractivity contribution in [3.8, 4) is 0 Å². The third-order valence-electron chi connectivity index (χ3n) is 4.31. The van der Waals surface area contributed by atoms with Gasteiger partial charge in [0.05, 0.1) is 0 Å². The van der Waals surface area contributed by atoms with E-state index in [0.717, 1.165) is 6.71 Å². The van der Waals surface area contributed by atoms with Crippen molar-refractivity contribution in [1.29, 1.82) is 0 Å². The molecule has 2 heteroatoms. The predicted octanol–water partition coefficient (Wildman–Crippen LogP) is 5.56. The Kier molecular flexibility index (Phi) is 5.22. The van der Waals surface area contributed by atoms with Crippen LogP contribution in [0.2, 0.25) is 28.0 Å². The fourth-order valence-corrected chi connectivity index (χ4v) is 10.2. The van der Waals surface area contributed by atoms with Gasteiger partial charge in [0.1, 0.15) is 0 Å². The Morgan fingerprint density at radius 3 is 2.32 bits per heavy atom. The molecule has 0 saturated carbocycles. The van der Waals surface area contributed by atoms with E-state index in [1.54, 1.807) is 0 Å². The van der Waals surface area contributed by atoms with Crippen LogP contribution < -0.4 is 0 Å². The van der Waals surface area contributed by atoms with E-state index in [2.05, 4.69) is 52.0 Å². The van der Waals surface area contributed by atoms with Crippen molar-refractivity contribution in [2.24, 2.45) is 0 Å². The molecule has 0 nitrogen and oxygen atoms in total. The van der Waals surface area contributed by atoms with Gasteiger partial charge in [-0.25, -0.2) is 0 Å². The maximum atomic E-state index is 2.57. The zero-order valence-electron chi connectivity index (χ0n) is 13.0. The first-order chi connectivity index (χ1) is 9.00. The summed E-state index contributed by atoms with van der Waals surface area (Å²) in [4.78, 5) is 7.71. The summed E-state index contributed by atoms with van der Waals surface area (Å²) in [7, 11) is 0. The number of hydrogen-bond donors (Lipinski definition) is 0. The Morgan fingerprint density at radius 2 is 1.68 bits per heavy atom. The van der Waals surface area contributed by atoms with Crippen molar-refractivity contribution in [3.05, 3.63) is 41.4 Å². The van der Waals surface area contributed by atoms with Crippen molar-refractivity contribution in [2.45, 2.75) is 53.6 Å². The quantitative estimate of drug-likeness (QED) is 0.606. The molecular formula is C17H27BSn. The first kappa shape index (κ1) is 15.2. The van der Waals surface area contributed by atoms with Crippen LogP contribution in [0, 0.1) is 0 Å². The van der Waals surface area contributed by atoms with Gasteiger partial charge in [0.15, 0.2) is 0 Å². The SMILES string of the molecule is CB1CCCCC/C1=[C](\c1ccccc1)[Sn]([CH3])([CH3])[CH3]. The number of rotatable bonds is 2. The Labute approximate surface area is 123 Å². The fraction of sp³-hybridized carbons (Fsp3) is 0.529. The van der Waals surface area contributed by atoms with E-state index in [1.165, 1.54) is 37.6 Å². The molecular weight excluding hydrogens is 334 g/mol. The molecule has 0 unspecified atom stereocenters. The zero-order chi connectivity index (χ0) is 13.9. The molecule has 1 fully saturated rings. The molecule has 0 amide bonds. The van der Waals surface area contributed by atoms with Crippen LogP contribution in [0.1, 0.15) is 31.2 Å². The number of hydrogen-bond acceptors (Lipinski definition) is 0. The Morgan fingerprint density at radius 1 is 1.00 bits per heavy atom. The molecule has 0 atom stereocenters. The van der Waals surface area contributed by atoms with E-state index in [4.69, 9.17) is 0 Å². The summed E-state index contributed by atoms with van der Waals surface area (Å²) in [5.41, 5.74) is 3.33. The fourth-order valence-electron chi connectivity index (χ4n) is 3.44. The van der Waals surface area contributed by atoms with E-state index in [9.17, 15) is 0 Å². The van der Waals surface area contributed by atoms with Crippen LogP contribution in [0.3, 0.4) is 0 Å². The summed E-state index contributed by atoms with van der Waals surface area (Å²) in [6.07, 6.45) is 6.99. The molecule has 19 heavy (non-hydrogen) atoms. The van der Waals surface area contributed by atoms with E-state index >= 15 is 0 Å². The van der Waals surface area contributed by atoms with Gasteiger partial charge in [-0.15, -0.1) is 0 Å². The van der Waals surface area contributed by atoms with Gasteiger partial charge < -0.3 is 0 Å². The van der Waals surface area contributed by atoms with Crippen molar-refractivity contribution >= 4 is 28.7 Å². The van der Waals surface area contributed by atoms with Gasteiger partial charge in [-0.2, -0.15) is 0 Å². The van der Waals surface area contributed by atoms with Gasteiger partial charge in [0, 0.05) is 0 Å². The van der Waals surface area contributed by atoms with Crippen LogP contribution in [-0.4, -0.2) is 25.1 Å². The first-order valence-corrected chi connectivity index (χ1v) is 17.8. The molecule has 0 aliphatic carbocycles. The molecule has 1 saturated heterocycles. The Bertz CT molecular complexity index is 442. The van der Waals surface area contributed by atoms with Crippen molar-refractivity contribution in [2.75, 3.05) is 0 Å². The predicted molar refractivity (Wildman–Crippen MR) is 91.6 cm³/mol. The molecule has 0 N–H and O–H groups in total. The summed E-state index contributed by atoms with van der Waals surface area (Å²) < 4.78 is 1.81. The number of allylic oxidation sites excluding steroid dienone is 1. The number of benzene rings is 1. The van der Waals surface area contributed by atoms with E-state index in [1.807, 2.05) is 9.06 Å². The molecule has 0 spiro atoms. The average Bonchev–Trinajstić information content (AvgIpc) is 2.55. The van der Waals surface area contributed by atoms with Gasteiger partial charge in [0.25, 0.3) is 0 Å². The zero-order valence-corrected chi connectivity index (χ0v) is 15.9. The van der Waals surface area contributed by atoms with Crippen molar-refractivity contribution in [1.82, 2.24) is 0 Å². The molecule has 1 aliphatic heterocycles. The molecule has 1 heterocycles. The Balaban J connectivity index is 2.53. The summed E-state index contributed by atoms with van der Waals surface area (Å²) in [6.45, 7) is 3.26. The molecule has 102 valence electrons. The van der Waals surface area contributed by atoms with Crippen molar-refractivity contribution in [3.63, 3.8) is 0 Å². The summed E-state index contributed by atoms with van der Waals surface area (Å²) >= 11 is -2.08. The van der Waals surface area contributed by atoms with Gasteiger partial charge in [0.2, 0.25) is 0 Å². The van der Waals surface area contributed by atoms with E-state index < -0.39 is 18.4 Å². The molecule has 0 bridgehead atoms. The van der Waals surface area contributed by atoms with Gasteiger partial charge in [-0.05, 0) is 0 Å². The monoisotopic (exact) mass is 362 g/mol. The average molecular weight is 361 g/mol. The first-order valence-electron chi connectivity index (χ1n) is 7.79. The summed E-state index contributed by atoms with van der Waals surface area (Å²) in [5.74, 6) is 0. The van der Waals surface area contributed by atoms with E-state index in [-0.39, 0.29) is 0 Å². The third-order valence-corrected chi connectivity index (χ3v) is 10.3. The molecule has 1 aromatic carbocycles. The molecule has 0 radical (unpaired) electrons. The van der Waals surface area contributed by atoms with Crippen LogP contribution in [0.4, 0.5) is 0 Å². The molecule has 1 aromatic rings. The van der Waals surface area contributed by atoms with E-state index in [0.29, 0.717) is 0 Å². The second-order valence-electron chi connectivity index (χ2n) is 7.02. The summed E-state index contributed by atoms with van der Waals surface area (Å²) in [5, 5.41) is 0. The molecule has 2 rings (SSSR count). The minimum atomic E-state index is -2.08. The molecule has 1 aliphatic rings. The third kappa shape index (κ3) is 3.90. The maximum absolute atomic E-state index is 2.57. The normalized spacial score (nSPS) is 20.1. The molecule has 0 aromatic heterocycles. The summed E-state index contributed by atoms with van der Waals surface area (Å²) in [6, 6.07) is 11.2.